The largest absolute Gasteiger partial charge is 0.416 e. The highest BCUT2D eigenvalue weighted by atomic mass is 19.4. The van der Waals surface area contributed by atoms with Crippen molar-refractivity contribution in [2.45, 2.75) is 25.1 Å². The quantitative estimate of drug-likeness (QED) is 0.725. The number of benzene rings is 1. The van der Waals surface area contributed by atoms with Crippen LogP contribution in [0.2, 0.25) is 0 Å². The monoisotopic (exact) mass is 309 g/mol. The van der Waals surface area contributed by atoms with E-state index in [4.69, 9.17) is 0 Å². The first-order valence-electron chi connectivity index (χ1n) is 6.10. The molecule has 0 saturated heterocycles. The number of halogens is 4. The van der Waals surface area contributed by atoms with Gasteiger partial charge in [-0.05, 0) is 24.6 Å². The van der Waals surface area contributed by atoms with Gasteiger partial charge in [0.2, 0.25) is 0 Å². The molecule has 0 bridgehead atoms. The number of hydrogen-bond acceptors (Lipinski definition) is 3. The number of nitrogens with one attached hydrogen (secondary N) is 1. The summed E-state index contributed by atoms with van der Waals surface area (Å²) in [6.45, 7) is 0.286. The fourth-order valence-electron chi connectivity index (χ4n) is 1.62. The van der Waals surface area contributed by atoms with Gasteiger partial charge in [0, 0.05) is 0 Å². The van der Waals surface area contributed by atoms with E-state index in [-0.39, 0.29) is 6.42 Å². The molecule has 1 amide bonds. The first kappa shape index (κ1) is 17.4. The average Bonchev–Trinajstić information content (AvgIpc) is 2.44. The maximum absolute atomic E-state index is 13.5. The van der Waals surface area contributed by atoms with Crippen molar-refractivity contribution in [3.8, 4) is 0 Å². The molecule has 0 aliphatic carbocycles. The van der Waals surface area contributed by atoms with E-state index < -0.39 is 47.8 Å². The van der Waals surface area contributed by atoms with Crippen LogP contribution in [0.5, 0.6) is 0 Å². The molecule has 1 aromatic rings. The number of rotatable bonds is 5. The molecule has 0 saturated carbocycles. The Balaban J connectivity index is 3.13. The number of carbonyl (C=O) groups is 1. The smallest absolute Gasteiger partial charge is 0.394 e. The Morgan fingerprint density at radius 2 is 1.81 bits per heavy atom. The summed E-state index contributed by atoms with van der Waals surface area (Å²) in [5, 5.41) is 20.5. The van der Waals surface area contributed by atoms with Crippen molar-refractivity contribution < 1.29 is 32.6 Å². The molecule has 21 heavy (non-hydrogen) atoms. The fourth-order valence-corrected chi connectivity index (χ4v) is 1.62. The molecule has 0 heterocycles. The molecule has 118 valence electrons. The lowest BCUT2D eigenvalue weighted by atomic mass is 9.97. The first-order chi connectivity index (χ1) is 9.69. The van der Waals surface area contributed by atoms with Crippen LogP contribution in [-0.2, 0) is 6.18 Å². The van der Waals surface area contributed by atoms with Gasteiger partial charge in [-0.2, -0.15) is 13.2 Å². The molecule has 8 heteroatoms. The predicted octanol–water partition coefficient (Wildman–Crippen LogP) is 1.71. The third-order valence-corrected chi connectivity index (χ3v) is 3.20. The molecule has 0 spiro atoms. The summed E-state index contributed by atoms with van der Waals surface area (Å²) < 4.78 is 51.2. The van der Waals surface area contributed by atoms with E-state index in [2.05, 4.69) is 5.32 Å². The number of aliphatic hydroxyl groups excluding tert-OH is 2. The van der Waals surface area contributed by atoms with Crippen LogP contribution >= 0.6 is 0 Å². The molecule has 0 atom stereocenters. The minimum Gasteiger partial charge on any atom is -0.394 e. The second-order valence-corrected chi connectivity index (χ2v) is 4.60. The summed E-state index contributed by atoms with van der Waals surface area (Å²) in [5.41, 5.74) is -3.38. The summed E-state index contributed by atoms with van der Waals surface area (Å²) in [5.74, 6) is -2.26. The maximum atomic E-state index is 13.5. The minimum absolute atomic E-state index is 0.117. The van der Waals surface area contributed by atoms with Gasteiger partial charge >= 0.3 is 6.18 Å². The Labute approximate surface area is 118 Å². The van der Waals surface area contributed by atoms with Crippen LogP contribution in [0, 0.1) is 5.82 Å². The van der Waals surface area contributed by atoms with Crippen LogP contribution in [0.3, 0.4) is 0 Å². The van der Waals surface area contributed by atoms with Crippen molar-refractivity contribution in [2.24, 2.45) is 0 Å². The normalized spacial score (nSPS) is 12.3. The van der Waals surface area contributed by atoms with E-state index in [0.29, 0.717) is 18.2 Å². The highest BCUT2D eigenvalue weighted by Crippen LogP contribution is 2.30. The average molecular weight is 309 g/mol. The van der Waals surface area contributed by atoms with Gasteiger partial charge in [0.15, 0.2) is 0 Å². The van der Waals surface area contributed by atoms with E-state index in [1.807, 2.05) is 0 Å². The van der Waals surface area contributed by atoms with Gasteiger partial charge in [-0.1, -0.05) is 6.92 Å². The Morgan fingerprint density at radius 3 is 2.24 bits per heavy atom. The topological polar surface area (TPSA) is 69.6 Å². The fraction of sp³-hybridized carbons (Fsp3) is 0.462. The molecular weight excluding hydrogens is 294 g/mol. The SMILES string of the molecule is CCC(CO)(CO)NC(=O)c1cc(C(F)(F)F)ccc1F. The number of alkyl halides is 3. The highest BCUT2D eigenvalue weighted by molar-refractivity contribution is 5.95. The number of amides is 1. The molecule has 1 rings (SSSR count). The van der Waals surface area contributed by atoms with Gasteiger partial charge in [-0.3, -0.25) is 4.79 Å². The van der Waals surface area contributed by atoms with E-state index in [0.717, 1.165) is 0 Å². The lowest BCUT2D eigenvalue weighted by Crippen LogP contribution is -2.54. The van der Waals surface area contributed by atoms with Crippen molar-refractivity contribution in [2.75, 3.05) is 13.2 Å². The van der Waals surface area contributed by atoms with Crippen molar-refractivity contribution in [3.63, 3.8) is 0 Å². The van der Waals surface area contributed by atoms with E-state index in [9.17, 15) is 32.6 Å². The number of carbonyl (C=O) groups excluding carboxylic acids is 1. The van der Waals surface area contributed by atoms with Crippen molar-refractivity contribution in [1.82, 2.24) is 5.32 Å². The summed E-state index contributed by atoms with van der Waals surface area (Å²) in [6, 6.07) is 1.46. The van der Waals surface area contributed by atoms with Crippen molar-refractivity contribution >= 4 is 5.91 Å². The summed E-state index contributed by atoms with van der Waals surface area (Å²) >= 11 is 0. The van der Waals surface area contributed by atoms with Gasteiger partial charge in [0.05, 0.1) is 29.9 Å². The van der Waals surface area contributed by atoms with Crippen LogP contribution in [0.1, 0.15) is 29.3 Å². The van der Waals surface area contributed by atoms with Gasteiger partial charge in [0.1, 0.15) is 5.82 Å². The number of aliphatic hydroxyl groups is 2. The lowest BCUT2D eigenvalue weighted by Gasteiger charge is -2.29. The van der Waals surface area contributed by atoms with E-state index in [1.54, 1.807) is 6.92 Å². The summed E-state index contributed by atoms with van der Waals surface area (Å²) in [7, 11) is 0. The third kappa shape index (κ3) is 3.92. The number of hydrogen-bond donors (Lipinski definition) is 3. The molecule has 0 aromatic heterocycles. The summed E-state index contributed by atoms with van der Waals surface area (Å²) in [4.78, 5) is 11.9. The molecule has 0 radical (unpaired) electrons. The molecule has 0 aliphatic heterocycles. The highest BCUT2D eigenvalue weighted by Gasteiger charge is 2.34. The second-order valence-electron chi connectivity index (χ2n) is 4.60. The Hall–Kier alpha value is -1.67. The summed E-state index contributed by atoms with van der Waals surface area (Å²) in [6.07, 6.45) is -4.59. The molecule has 4 nitrogen and oxygen atoms in total. The molecule has 3 N–H and O–H groups in total. The zero-order valence-electron chi connectivity index (χ0n) is 11.2. The van der Waals surface area contributed by atoms with Crippen LogP contribution in [-0.4, -0.2) is 34.9 Å². The van der Waals surface area contributed by atoms with E-state index in [1.165, 1.54) is 0 Å². The lowest BCUT2D eigenvalue weighted by molar-refractivity contribution is -0.137. The van der Waals surface area contributed by atoms with Gasteiger partial charge in [-0.25, -0.2) is 4.39 Å². The molecule has 0 fully saturated rings. The van der Waals surface area contributed by atoms with Crippen molar-refractivity contribution in [3.05, 3.63) is 35.1 Å². The Bertz CT molecular complexity index is 504. The molecule has 0 aliphatic rings. The molecule has 0 unspecified atom stereocenters. The first-order valence-corrected chi connectivity index (χ1v) is 6.10. The van der Waals surface area contributed by atoms with Crippen molar-refractivity contribution in [1.29, 1.82) is 0 Å². The zero-order chi connectivity index (χ0) is 16.3. The Kier molecular flexibility index (Phi) is 5.30. The second kappa shape index (κ2) is 6.40. The van der Waals surface area contributed by atoms with Crippen LogP contribution in [0.15, 0.2) is 18.2 Å². The molecule has 1 aromatic carbocycles. The Morgan fingerprint density at radius 1 is 1.24 bits per heavy atom. The minimum atomic E-state index is -4.71. The van der Waals surface area contributed by atoms with Gasteiger partial charge in [0.25, 0.3) is 5.91 Å². The molecular formula is C13H15F4NO3. The van der Waals surface area contributed by atoms with Gasteiger partial charge in [-0.15, -0.1) is 0 Å². The van der Waals surface area contributed by atoms with Gasteiger partial charge < -0.3 is 15.5 Å². The predicted molar refractivity (Wildman–Crippen MR) is 66.1 cm³/mol. The standard InChI is InChI=1S/C13H15F4NO3/c1-2-12(6-19,7-20)18-11(21)9-5-8(13(15,16)17)3-4-10(9)14/h3-5,19-20H,2,6-7H2,1H3,(H,18,21). The van der Waals surface area contributed by atoms with Crippen LogP contribution in [0.4, 0.5) is 17.6 Å². The van der Waals surface area contributed by atoms with Crippen LogP contribution < -0.4 is 5.32 Å². The van der Waals surface area contributed by atoms with Crippen LogP contribution in [0.25, 0.3) is 0 Å². The zero-order valence-corrected chi connectivity index (χ0v) is 11.2. The third-order valence-electron chi connectivity index (χ3n) is 3.20. The maximum Gasteiger partial charge on any atom is 0.416 e. The van der Waals surface area contributed by atoms with E-state index >= 15 is 0 Å².